The van der Waals surface area contributed by atoms with Crippen LogP contribution in [0.25, 0.3) is 10.8 Å². The van der Waals surface area contributed by atoms with Crippen molar-refractivity contribution in [2.75, 3.05) is 18.6 Å². The van der Waals surface area contributed by atoms with Crippen LogP contribution in [0.3, 0.4) is 0 Å². The molecule has 0 unspecified atom stereocenters. The zero-order valence-corrected chi connectivity index (χ0v) is 11.9. The number of anilines is 1. The minimum Gasteiger partial charge on any atom is -0.464 e. The summed E-state index contributed by atoms with van der Waals surface area (Å²) in [6.07, 6.45) is -1.21. The highest BCUT2D eigenvalue weighted by molar-refractivity contribution is 5.96. The van der Waals surface area contributed by atoms with E-state index in [1.807, 2.05) is 30.3 Å². The van der Waals surface area contributed by atoms with Crippen molar-refractivity contribution in [1.82, 2.24) is 10.3 Å². The van der Waals surface area contributed by atoms with Gasteiger partial charge in [-0.15, -0.1) is 0 Å². The second kappa shape index (κ2) is 6.13. The first-order chi connectivity index (χ1) is 10.0. The van der Waals surface area contributed by atoms with Crippen molar-refractivity contribution in [1.29, 1.82) is 0 Å². The molecule has 0 fully saturated rings. The Balaban J connectivity index is 2.46. The van der Waals surface area contributed by atoms with Crippen LogP contribution in [0.2, 0.25) is 0 Å². The molecule has 0 aliphatic carbocycles. The summed E-state index contributed by atoms with van der Waals surface area (Å²) >= 11 is 0. The lowest BCUT2D eigenvalue weighted by Gasteiger charge is -2.29. The van der Waals surface area contributed by atoms with Crippen molar-refractivity contribution < 1.29 is 14.7 Å². The number of carboxylic acid groups (broad SMARTS) is 1. The number of carbonyl (C=O) groups excluding carboxylic acids is 1. The van der Waals surface area contributed by atoms with Crippen molar-refractivity contribution in [3.8, 4) is 0 Å². The fourth-order valence-electron chi connectivity index (χ4n) is 2.05. The third-order valence-corrected chi connectivity index (χ3v) is 3.07. The van der Waals surface area contributed by atoms with Crippen LogP contribution in [0.4, 0.5) is 15.3 Å². The Morgan fingerprint density at radius 2 is 1.81 bits per heavy atom. The van der Waals surface area contributed by atoms with Gasteiger partial charge in [0, 0.05) is 13.6 Å². The van der Waals surface area contributed by atoms with Crippen LogP contribution < -0.4 is 10.3 Å². The Kier molecular flexibility index (Phi) is 4.27. The molecule has 0 aliphatic heterocycles. The number of fused-ring (bicyclic) bond motifs is 1. The van der Waals surface area contributed by atoms with E-state index in [4.69, 9.17) is 5.11 Å². The zero-order valence-electron chi connectivity index (χ0n) is 11.9. The van der Waals surface area contributed by atoms with Gasteiger partial charge in [-0.25, -0.2) is 14.6 Å². The first-order valence-corrected chi connectivity index (χ1v) is 6.58. The van der Waals surface area contributed by atoms with Crippen molar-refractivity contribution in [2.24, 2.45) is 0 Å². The predicted octanol–water partition coefficient (Wildman–Crippen LogP) is 2.90. The smallest absolute Gasteiger partial charge is 0.426 e. The zero-order chi connectivity index (χ0) is 15.4. The maximum Gasteiger partial charge on any atom is 0.426 e. The number of hydrazine groups is 1. The number of benzene rings is 2. The quantitative estimate of drug-likeness (QED) is 0.834. The molecule has 0 heterocycles. The van der Waals surface area contributed by atoms with E-state index in [0.717, 1.165) is 20.8 Å². The topological polar surface area (TPSA) is 72.9 Å². The lowest BCUT2D eigenvalue weighted by molar-refractivity contribution is 0.151. The molecule has 2 aromatic carbocycles. The second-order valence-electron chi connectivity index (χ2n) is 4.48. The number of carbonyl (C=O) groups is 2. The van der Waals surface area contributed by atoms with Gasteiger partial charge in [-0.2, -0.15) is 5.01 Å². The van der Waals surface area contributed by atoms with Gasteiger partial charge in [0.1, 0.15) is 0 Å². The van der Waals surface area contributed by atoms with Crippen LogP contribution in [-0.4, -0.2) is 35.8 Å². The molecule has 2 rings (SSSR count). The summed E-state index contributed by atoms with van der Waals surface area (Å²) in [5, 5.41) is 15.7. The fourth-order valence-corrected chi connectivity index (χ4v) is 2.05. The molecule has 0 radical (unpaired) electrons. The summed E-state index contributed by atoms with van der Waals surface area (Å²) in [7, 11) is 1.33. The highest BCUT2D eigenvalue weighted by Gasteiger charge is 2.23. The normalized spacial score (nSPS) is 10.2. The second-order valence-corrected chi connectivity index (χ2v) is 4.48. The van der Waals surface area contributed by atoms with E-state index in [2.05, 4.69) is 5.32 Å². The molecule has 0 saturated carbocycles. The standard InChI is InChI=1S/C15H17N3O3/c1-3-16-14(19)18(17(2)15(20)21)13-9-8-11-6-4-5-7-12(11)10-13/h4-10H,3H2,1-2H3,(H,16,19)(H,20,21). The highest BCUT2D eigenvalue weighted by Crippen LogP contribution is 2.23. The van der Waals surface area contributed by atoms with Gasteiger partial charge in [0.05, 0.1) is 5.69 Å². The van der Waals surface area contributed by atoms with E-state index in [1.165, 1.54) is 7.05 Å². The van der Waals surface area contributed by atoms with Crippen LogP contribution in [0.15, 0.2) is 42.5 Å². The first-order valence-electron chi connectivity index (χ1n) is 6.58. The third-order valence-electron chi connectivity index (χ3n) is 3.07. The van der Waals surface area contributed by atoms with Crippen molar-refractivity contribution in [3.05, 3.63) is 42.5 Å². The number of hydrogen-bond donors (Lipinski definition) is 2. The first kappa shape index (κ1) is 14.6. The van der Waals surface area contributed by atoms with E-state index in [0.29, 0.717) is 12.2 Å². The van der Waals surface area contributed by atoms with Gasteiger partial charge in [0.2, 0.25) is 0 Å². The summed E-state index contributed by atoms with van der Waals surface area (Å²) in [5.41, 5.74) is 0.490. The largest absolute Gasteiger partial charge is 0.464 e. The van der Waals surface area contributed by atoms with Crippen LogP contribution >= 0.6 is 0 Å². The molecule has 0 spiro atoms. The Labute approximate surface area is 122 Å². The van der Waals surface area contributed by atoms with Crippen LogP contribution in [0.5, 0.6) is 0 Å². The van der Waals surface area contributed by atoms with Gasteiger partial charge in [0.25, 0.3) is 0 Å². The van der Waals surface area contributed by atoms with Gasteiger partial charge in [-0.1, -0.05) is 30.3 Å². The van der Waals surface area contributed by atoms with E-state index in [1.54, 1.807) is 19.1 Å². The van der Waals surface area contributed by atoms with Crippen LogP contribution in [-0.2, 0) is 0 Å². The Hall–Kier alpha value is -2.76. The van der Waals surface area contributed by atoms with E-state index >= 15 is 0 Å². The molecule has 110 valence electrons. The maximum atomic E-state index is 12.1. The van der Waals surface area contributed by atoms with Gasteiger partial charge in [-0.05, 0) is 29.8 Å². The number of nitrogens with one attached hydrogen (secondary N) is 1. The van der Waals surface area contributed by atoms with Gasteiger partial charge < -0.3 is 10.4 Å². The minimum atomic E-state index is -1.21. The molecule has 2 N–H and O–H groups in total. The molecule has 6 heteroatoms. The number of urea groups is 1. The number of hydrogen-bond acceptors (Lipinski definition) is 2. The van der Waals surface area contributed by atoms with Gasteiger partial charge in [0.15, 0.2) is 0 Å². The monoisotopic (exact) mass is 287 g/mol. The number of amides is 3. The molecule has 0 saturated heterocycles. The summed E-state index contributed by atoms with van der Waals surface area (Å²) in [6, 6.07) is 12.5. The molecular weight excluding hydrogens is 270 g/mol. The average molecular weight is 287 g/mol. The Morgan fingerprint density at radius 3 is 2.43 bits per heavy atom. The SMILES string of the molecule is CCNC(=O)N(c1ccc2ccccc2c1)N(C)C(=O)O. The molecule has 0 bridgehead atoms. The van der Waals surface area contributed by atoms with Crippen LogP contribution in [0.1, 0.15) is 6.92 Å². The summed E-state index contributed by atoms with van der Waals surface area (Å²) < 4.78 is 0. The van der Waals surface area contributed by atoms with Crippen LogP contribution in [0, 0.1) is 0 Å². The molecular formula is C15H17N3O3. The predicted molar refractivity (Wildman–Crippen MR) is 81.3 cm³/mol. The molecule has 6 nitrogen and oxygen atoms in total. The molecule has 0 aromatic heterocycles. The average Bonchev–Trinajstić information content (AvgIpc) is 2.47. The van der Waals surface area contributed by atoms with Gasteiger partial charge >= 0.3 is 12.1 Å². The molecule has 3 amide bonds. The molecule has 0 aliphatic rings. The number of rotatable bonds is 2. The maximum absolute atomic E-state index is 12.1. The lowest BCUT2D eigenvalue weighted by atomic mass is 10.1. The van der Waals surface area contributed by atoms with Gasteiger partial charge in [-0.3, -0.25) is 0 Å². The highest BCUT2D eigenvalue weighted by atomic mass is 16.4. The van der Waals surface area contributed by atoms with E-state index in [9.17, 15) is 9.59 Å². The minimum absolute atomic E-state index is 0.413. The van der Waals surface area contributed by atoms with E-state index < -0.39 is 12.1 Å². The Bertz CT molecular complexity index is 672. The fraction of sp³-hybridized carbons (Fsp3) is 0.200. The number of nitrogens with zero attached hydrogens (tertiary/aromatic N) is 2. The lowest BCUT2D eigenvalue weighted by Crippen LogP contribution is -2.51. The Morgan fingerprint density at radius 1 is 1.14 bits per heavy atom. The molecule has 0 atom stereocenters. The van der Waals surface area contributed by atoms with Crippen molar-refractivity contribution in [3.63, 3.8) is 0 Å². The summed E-state index contributed by atoms with van der Waals surface area (Å²) in [5.74, 6) is 0. The van der Waals surface area contributed by atoms with Crippen molar-refractivity contribution >= 4 is 28.6 Å². The molecule has 21 heavy (non-hydrogen) atoms. The van der Waals surface area contributed by atoms with E-state index in [-0.39, 0.29) is 0 Å². The summed E-state index contributed by atoms with van der Waals surface area (Å²) in [6.45, 7) is 2.19. The third kappa shape index (κ3) is 3.05. The summed E-state index contributed by atoms with van der Waals surface area (Å²) in [4.78, 5) is 23.3. The molecule has 2 aromatic rings. The van der Waals surface area contributed by atoms with Crippen molar-refractivity contribution in [2.45, 2.75) is 6.92 Å².